The molecule has 0 unspecified atom stereocenters. The van der Waals surface area contributed by atoms with Crippen molar-refractivity contribution < 1.29 is 63.6 Å². The molecule has 67 heavy (non-hydrogen) atoms. The van der Waals surface area contributed by atoms with E-state index < -0.39 is 47.9 Å². The maximum atomic E-state index is 12.8. The maximum absolute atomic E-state index is 12.8. The highest BCUT2D eigenvalue weighted by atomic mass is 32.2. The molecular weight excluding hydrogens is 885 g/mol. The van der Waals surface area contributed by atoms with E-state index >= 15 is 0 Å². The van der Waals surface area contributed by atoms with Crippen LogP contribution in [0.3, 0.4) is 0 Å². The van der Waals surface area contributed by atoms with Crippen molar-refractivity contribution in [3.63, 3.8) is 0 Å². The zero-order valence-corrected chi connectivity index (χ0v) is 41.4. The first kappa shape index (κ1) is 62.8. The van der Waals surface area contributed by atoms with Gasteiger partial charge in [-0.25, -0.2) is 9.59 Å². The SMILES string of the molecule is CSC(=O)[C@H](CCCCNC(=O)CC[C@H](NC(=O)CCCCCCCCCCCCCCC(=O)O)C(=O)O)NC(=O)CC[C@H](NC(=O)CCCCCCCCCCCCCCC(=O)O)C(=O)O. The van der Waals surface area contributed by atoms with E-state index in [-0.39, 0.29) is 87.2 Å². The van der Waals surface area contributed by atoms with Gasteiger partial charge in [-0.1, -0.05) is 140 Å². The number of amides is 4. The smallest absolute Gasteiger partial charge is 0.326 e. The zero-order valence-electron chi connectivity index (χ0n) is 40.6. The Morgan fingerprint density at radius 3 is 0.970 bits per heavy atom. The summed E-state index contributed by atoms with van der Waals surface area (Å²) in [5, 5.41) is 46.8. The van der Waals surface area contributed by atoms with Crippen LogP contribution in [0, 0.1) is 0 Å². The topological polar surface area (TPSA) is 283 Å². The summed E-state index contributed by atoms with van der Waals surface area (Å²) >= 11 is 0.952. The summed E-state index contributed by atoms with van der Waals surface area (Å²) in [5.41, 5.74) is 0. The molecule has 0 aliphatic carbocycles. The van der Waals surface area contributed by atoms with Crippen molar-refractivity contribution >= 4 is 64.4 Å². The Labute approximate surface area is 403 Å². The Hall–Kier alpha value is -4.22. The summed E-state index contributed by atoms with van der Waals surface area (Å²) in [6.07, 6.45) is 27.3. The minimum absolute atomic E-state index is 0.0675. The van der Waals surface area contributed by atoms with E-state index in [0.717, 1.165) is 153 Å². The van der Waals surface area contributed by atoms with Crippen LogP contribution < -0.4 is 21.3 Å². The molecule has 0 saturated heterocycles. The molecule has 0 bridgehead atoms. The standard InChI is InChI=1S/C49H86N4O13S/c1-67-49(66)40(53-44(57)36-34-39(48(64)65)52-43(56)30-23-19-15-11-7-3-5-9-13-17-21-25-32-46(60)61)28-26-27-37-50-41(54)35-33-38(47(62)63)51-42(55)29-22-18-14-10-6-2-4-8-12-16-20-24-31-45(58)59/h38-40H,2-37H2,1H3,(H,50,54)(H,51,55)(H,52,56)(H,53,57)(H,58,59)(H,60,61)(H,62,63)(H,64,65)/t38-,39-,40-/m0/s1. The molecule has 0 aromatic heterocycles. The normalized spacial score (nSPS) is 12.4. The lowest BCUT2D eigenvalue weighted by Gasteiger charge is -2.18. The van der Waals surface area contributed by atoms with Gasteiger partial charge in [0, 0.05) is 45.1 Å². The molecule has 8 N–H and O–H groups in total. The summed E-state index contributed by atoms with van der Waals surface area (Å²) in [5.74, 6) is -5.59. The van der Waals surface area contributed by atoms with Crippen LogP contribution in [-0.4, -0.2) is 104 Å². The van der Waals surface area contributed by atoms with Gasteiger partial charge < -0.3 is 41.7 Å². The molecule has 0 radical (unpaired) electrons. The lowest BCUT2D eigenvalue weighted by atomic mass is 10.0. The average Bonchev–Trinajstić information content (AvgIpc) is 3.28. The van der Waals surface area contributed by atoms with Crippen LogP contribution in [0.2, 0.25) is 0 Å². The van der Waals surface area contributed by atoms with Crippen LogP contribution in [0.1, 0.15) is 225 Å². The van der Waals surface area contributed by atoms with Gasteiger partial charge in [0.05, 0.1) is 6.04 Å². The Bertz CT molecular complexity index is 1430. The number of nitrogens with one attached hydrogen (secondary N) is 4. The van der Waals surface area contributed by atoms with Gasteiger partial charge in [-0.15, -0.1) is 0 Å². The van der Waals surface area contributed by atoms with E-state index in [0.29, 0.717) is 25.7 Å². The molecule has 0 rings (SSSR count). The van der Waals surface area contributed by atoms with Gasteiger partial charge >= 0.3 is 23.9 Å². The second kappa shape index (κ2) is 43.1. The lowest BCUT2D eigenvalue weighted by Crippen LogP contribution is -2.43. The number of carboxylic acid groups (broad SMARTS) is 4. The monoisotopic (exact) mass is 971 g/mol. The van der Waals surface area contributed by atoms with Crippen molar-refractivity contribution in [2.24, 2.45) is 0 Å². The summed E-state index contributed by atoms with van der Waals surface area (Å²) in [7, 11) is 0. The molecule has 0 heterocycles. The number of hydrogen-bond acceptors (Lipinski definition) is 10. The van der Waals surface area contributed by atoms with E-state index in [1.54, 1.807) is 6.26 Å². The Morgan fingerprint density at radius 2 is 0.642 bits per heavy atom. The lowest BCUT2D eigenvalue weighted by molar-refractivity contribution is -0.142. The average molecular weight is 971 g/mol. The predicted octanol–water partition coefficient (Wildman–Crippen LogP) is 8.44. The number of carbonyl (C=O) groups is 9. The van der Waals surface area contributed by atoms with Gasteiger partial charge in [-0.05, 0) is 64.0 Å². The fourth-order valence-electron chi connectivity index (χ4n) is 7.71. The predicted molar refractivity (Wildman–Crippen MR) is 259 cm³/mol. The van der Waals surface area contributed by atoms with Crippen LogP contribution in [0.5, 0.6) is 0 Å². The third-order valence-electron chi connectivity index (χ3n) is 11.7. The largest absolute Gasteiger partial charge is 0.481 e. The zero-order chi connectivity index (χ0) is 49.9. The fourth-order valence-corrected chi connectivity index (χ4v) is 8.17. The number of aliphatic carboxylic acids is 4. The second-order valence-electron chi connectivity index (χ2n) is 17.8. The van der Waals surface area contributed by atoms with Crippen LogP contribution >= 0.6 is 11.8 Å². The summed E-state index contributed by atoms with van der Waals surface area (Å²) in [4.78, 5) is 107. The van der Waals surface area contributed by atoms with E-state index in [1.807, 2.05) is 0 Å². The number of rotatable bonds is 47. The van der Waals surface area contributed by atoms with E-state index in [4.69, 9.17) is 10.2 Å². The molecule has 0 aromatic rings. The summed E-state index contributed by atoms with van der Waals surface area (Å²) in [6, 6.07) is -3.26. The molecule has 18 heteroatoms. The van der Waals surface area contributed by atoms with Gasteiger partial charge in [0.2, 0.25) is 28.7 Å². The van der Waals surface area contributed by atoms with Crippen molar-refractivity contribution in [2.75, 3.05) is 12.8 Å². The van der Waals surface area contributed by atoms with Crippen molar-refractivity contribution in [3.05, 3.63) is 0 Å². The highest BCUT2D eigenvalue weighted by Gasteiger charge is 2.24. The summed E-state index contributed by atoms with van der Waals surface area (Å²) < 4.78 is 0. The number of thioether (sulfide) groups is 1. The molecule has 0 aliphatic heterocycles. The highest BCUT2D eigenvalue weighted by molar-refractivity contribution is 8.13. The van der Waals surface area contributed by atoms with Gasteiger partial charge in [0.25, 0.3) is 0 Å². The molecule has 0 aromatic carbocycles. The van der Waals surface area contributed by atoms with Crippen LogP contribution in [0.4, 0.5) is 0 Å². The van der Waals surface area contributed by atoms with E-state index in [9.17, 15) is 53.4 Å². The van der Waals surface area contributed by atoms with Gasteiger partial charge in [0.15, 0.2) is 0 Å². The third-order valence-corrected chi connectivity index (χ3v) is 12.4. The van der Waals surface area contributed by atoms with Crippen molar-refractivity contribution in [3.8, 4) is 0 Å². The molecule has 3 atom stereocenters. The Morgan fingerprint density at radius 1 is 0.343 bits per heavy atom. The van der Waals surface area contributed by atoms with E-state index in [1.165, 1.54) is 0 Å². The first-order valence-electron chi connectivity index (χ1n) is 25.3. The Kier molecular flexibility index (Phi) is 40.4. The van der Waals surface area contributed by atoms with Crippen LogP contribution in [-0.2, 0) is 43.2 Å². The number of carboxylic acids is 4. The summed E-state index contributed by atoms with van der Waals surface area (Å²) in [6.45, 7) is 0.258. The van der Waals surface area contributed by atoms with Crippen molar-refractivity contribution in [1.29, 1.82) is 0 Å². The minimum Gasteiger partial charge on any atom is -0.481 e. The number of carbonyl (C=O) groups excluding carboxylic acids is 5. The van der Waals surface area contributed by atoms with Gasteiger partial charge in [0.1, 0.15) is 12.1 Å². The first-order chi connectivity index (χ1) is 32.2. The molecule has 0 aliphatic rings. The number of unbranched alkanes of at least 4 members (excludes halogenated alkanes) is 23. The van der Waals surface area contributed by atoms with E-state index in [2.05, 4.69) is 21.3 Å². The number of hydrogen-bond donors (Lipinski definition) is 8. The Balaban J connectivity index is 4.25. The van der Waals surface area contributed by atoms with Crippen molar-refractivity contribution in [2.45, 2.75) is 243 Å². The maximum Gasteiger partial charge on any atom is 0.326 e. The molecular formula is C49H86N4O13S. The van der Waals surface area contributed by atoms with Crippen LogP contribution in [0.15, 0.2) is 0 Å². The quantitative estimate of drug-likeness (QED) is 0.0266. The van der Waals surface area contributed by atoms with Crippen LogP contribution in [0.25, 0.3) is 0 Å². The molecule has 0 spiro atoms. The molecule has 0 saturated carbocycles. The molecule has 4 amide bonds. The van der Waals surface area contributed by atoms with Gasteiger partial charge in [-0.3, -0.25) is 33.6 Å². The molecule has 0 fully saturated rings. The molecule has 17 nitrogen and oxygen atoms in total. The van der Waals surface area contributed by atoms with Crippen molar-refractivity contribution in [1.82, 2.24) is 21.3 Å². The molecule has 386 valence electrons. The highest BCUT2D eigenvalue weighted by Crippen LogP contribution is 2.16. The second-order valence-corrected chi connectivity index (χ2v) is 18.6. The minimum atomic E-state index is -1.25. The third kappa shape index (κ3) is 40.6. The first-order valence-corrected chi connectivity index (χ1v) is 26.5. The fraction of sp³-hybridized carbons (Fsp3) is 0.816. The van der Waals surface area contributed by atoms with Gasteiger partial charge in [-0.2, -0.15) is 0 Å².